The van der Waals surface area contributed by atoms with Crippen molar-refractivity contribution in [2.45, 2.75) is 63.5 Å². The molecule has 1 aliphatic rings. The van der Waals surface area contributed by atoms with Gasteiger partial charge in [-0.15, -0.1) is 0 Å². The van der Waals surface area contributed by atoms with E-state index < -0.39 is 10.8 Å². The first-order valence-electron chi connectivity index (χ1n) is 6.20. The Hall–Kier alpha value is 0.0700. The molecule has 1 rings (SSSR count). The lowest BCUT2D eigenvalue weighted by Gasteiger charge is -2.32. The van der Waals surface area contributed by atoms with Gasteiger partial charge in [0.2, 0.25) is 0 Å². The molecule has 1 fully saturated rings. The van der Waals surface area contributed by atoms with Gasteiger partial charge in [0.25, 0.3) is 0 Å². The molecule has 1 saturated heterocycles. The van der Waals surface area contributed by atoms with Gasteiger partial charge < -0.3 is 10.1 Å². The number of hydrogen-bond donors (Lipinski definition) is 1. The van der Waals surface area contributed by atoms with Crippen molar-refractivity contribution in [1.29, 1.82) is 0 Å². The molecule has 0 radical (unpaired) electrons. The molecule has 0 bridgehead atoms. The number of nitrogens with one attached hydrogen (secondary N) is 1. The molecule has 4 atom stereocenters. The number of rotatable bonds is 5. The first-order chi connectivity index (χ1) is 7.49. The smallest absolute Gasteiger partial charge is 0.0565 e. The molecule has 0 aromatic rings. The molecule has 3 nitrogen and oxygen atoms in total. The minimum absolute atomic E-state index is 0.294. The Labute approximate surface area is 102 Å². The van der Waals surface area contributed by atoms with E-state index in [9.17, 15) is 4.21 Å². The second-order valence-electron chi connectivity index (χ2n) is 4.98. The molecule has 0 saturated carbocycles. The summed E-state index contributed by atoms with van der Waals surface area (Å²) >= 11 is 0. The minimum Gasteiger partial charge on any atom is -0.375 e. The summed E-state index contributed by atoms with van der Waals surface area (Å²) in [6.07, 6.45) is 5.67. The summed E-state index contributed by atoms with van der Waals surface area (Å²) in [5.74, 6) is 0. The van der Waals surface area contributed by atoms with Crippen molar-refractivity contribution in [2.24, 2.45) is 0 Å². The van der Waals surface area contributed by atoms with Gasteiger partial charge in [0.15, 0.2) is 0 Å². The van der Waals surface area contributed by atoms with Gasteiger partial charge in [-0.05, 0) is 39.7 Å². The maximum atomic E-state index is 11.2. The molecule has 1 N–H and O–H groups in total. The van der Waals surface area contributed by atoms with Gasteiger partial charge in [0, 0.05) is 28.3 Å². The fraction of sp³-hybridized carbons (Fsp3) is 1.00. The van der Waals surface area contributed by atoms with Crippen LogP contribution in [0.2, 0.25) is 0 Å². The Bertz CT molecular complexity index is 225. The number of hydrogen-bond acceptors (Lipinski definition) is 3. The molecule has 4 heteroatoms. The van der Waals surface area contributed by atoms with Crippen molar-refractivity contribution in [3.8, 4) is 0 Å². The largest absolute Gasteiger partial charge is 0.375 e. The van der Waals surface area contributed by atoms with Crippen molar-refractivity contribution in [3.63, 3.8) is 0 Å². The second-order valence-corrected chi connectivity index (χ2v) is 6.78. The lowest BCUT2D eigenvalue weighted by Crippen LogP contribution is -2.42. The summed E-state index contributed by atoms with van der Waals surface area (Å²) in [6, 6.07) is 0.566. The average molecular weight is 247 g/mol. The van der Waals surface area contributed by atoms with Crippen LogP contribution in [0.1, 0.15) is 40.0 Å². The molecule has 16 heavy (non-hydrogen) atoms. The van der Waals surface area contributed by atoms with Crippen LogP contribution < -0.4 is 5.32 Å². The van der Waals surface area contributed by atoms with E-state index in [2.05, 4.69) is 19.2 Å². The summed E-state index contributed by atoms with van der Waals surface area (Å²) in [4.78, 5) is 0. The summed E-state index contributed by atoms with van der Waals surface area (Å²) in [7, 11) is -0.695. The Morgan fingerprint density at radius 3 is 2.44 bits per heavy atom. The topological polar surface area (TPSA) is 38.3 Å². The lowest BCUT2D eigenvalue weighted by atomic mass is 10.00. The third-order valence-corrected chi connectivity index (χ3v) is 4.62. The quantitative estimate of drug-likeness (QED) is 0.803. The zero-order chi connectivity index (χ0) is 12.1. The normalized spacial score (nSPS) is 34.6. The standard InChI is InChI=1S/C12H25NO2S/c1-9-7-12(8-10(2)15-9)13-6-5-11(3)16(4)14/h9-13H,5-8H2,1-4H3. The van der Waals surface area contributed by atoms with E-state index in [1.807, 2.05) is 6.92 Å². The van der Waals surface area contributed by atoms with Gasteiger partial charge in [-0.3, -0.25) is 4.21 Å². The monoisotopic (exact) mass is 247 g/mol. The average Bonchev–Trinajstić information content (AvgIpc) is 2.15. The Morgan fingerprint density at radius 1 is 1.38 bits per heavy atom. The van der Waals surface area contributed by atoms with Crippen molar-refractivity contribution in [1.82, 2.24) is 5.32 Å². The molecule has 4 unspecified atom stereocenters. The third kappa shape index (κ3) is 4.93. The first-order valence-corrected chi connectivity index (χ1v) is 7.82. The van der Waals surface area contributed by atoms with E-state index in [0.717, 1.165) is 25.8 Å². The molecular weight excluding hydrogens is 222 g/mol. The molecule has 0 spiro atoms. The Morgan fingerprint density at radius 2 is 1.94 bits per heavy atom. The molecule has 0 aliphatic carbocycles. The first kappa shape index (κ1) is 14.1. The predicted molar refractivity (Wildman–Crippen MR) is 69.2 cm³/mol. The highest BCUT2D eigenvalue weighted by Gasteiger charge is 2.23. The summed E-state index contributed by atoms with van der Waals surface area (Å²) < 4.78 is 16.9. The molecule has 0 amide bonds. The van der Waals surface area contributed by atoms with Crippen LogP contribution in [0.5, 0.6) is 0 Å². The van der Waals surface area contributed by atoms with Gasteiger partial charge >= 0.3 is 0 Å². The highest BCUT2D eigenvalue weighted by molar-refractivity contribution is 7.84. The van der Waals surface area contributed by atoms with Gasteiger partial charge in [-0.25, -0.2) is 0 Å². The van der Waals surface area contributed by atoms with E-state index in [4.69, 9.17) is 4.74 Å². The van der Waals surface area contributed by atoms with E-state index >= 15 is 0 Å². The molecular formula is C12H25NO2S. The van der Waals surface area contributed by atoms with E-state index in [1.165, 1.54) is 0 Å². The Kier molecular flexibility index (Phi) is 5.94. The molecule has 0 aromatic heterocycles. The lowest BCUT2D eigenvalue weighted by molar-refractivity contribution is -0.0419. The fourth-order valence-corrected chi connectivity index (χ4v) is 2.68. The summed E-state index contributed by atoms with van der Waals surface area (Å²) in [6.45, 7) is 7.28. The molecule has 0 aromatic carbocycles. The predicted octanol–water partition coefficient (Wildman–Crippen LogP) is 1.69. The second kappa shape index (κ2) is 6.72. The zero-order valence-electron chi connectivity index (χ0n) is 10.9. The summed E-state index contributed by atoms with van der Waals surface area (Å²) in [5, 5.41) is 3.85. The maximum Gasteiger partial charge on any atom is 0.0565 e. The van der Waals surface area contributed by atoms with Crippen molar-refractivity contribution in [2.75, 3.05) is 12.8 Å². The van der Waals surface area contributed by atoms with Gasteiger partial charge in [0.05, 0.1) is 12.2 Å². The zero-order valence-corrected chi connectivity index (χ0v) is 11.7. The van der Waals surface area contributed by atoms with E-state index in [-0.39, 0.29) is 0 Å². The van der Waals surface area contributed by atoms with Gasteiger partial charge in [-0.1, -0.05) is 6.92 Å². The Balaban J connectivity index is 2.19. The van der Waals surface area contributed by atoms with Crippen LogP contribution in [-0.4, -0.2) is 40.5 Å². The summed E-state index contributed by atoms with van der Waals surface area (Å²) in [5.41, 5.74) is 0. The van der Waals surface area contributed by atoms with Crippen molar-refractivity contribution < 1.29 is 8.95 Å². The van der Waals surface area contributed by atoms with E-state index in [0.29, 0.717) is 23.5 Å². The van der Waals surface area contributed by atoms with Crippen molar-refractivity contribution in [3.05, 3.63) is 0 Å². The van der Waals surface area contributed by atoms with E-state index in [1.54, 1.807) is 6.26 Å². The molecule has 96 valence electrons. The van der Waals surface area contributed by atoms with Crippen LogP contribution in [0.4, 0.5) is 0 Å². The van der Waals surface area contributed by atoms with Crippen LogP contribution in [-0.2, 0) is 15.5 Å². The highest BCUT2D eigenvalue weighted by Crippen LogP contribution is 2.18. The number of ether oxygens (including phenoxy) is 1. The molecule has 1 aliphatic heterocycles. The maximum absolute atomic E-state index is 11.2. The third-order valence-electron chi connectivity index (χ3n) is 3.25. The fourth-order valence-electron chi connectivity index (χ4n) is 2.23. The van der Waals surface area contributed by atoms with Crippen LogP contribution >= 0.6 is 0 Å². The van der Waals surface area contributed by atoms with Crippen molar-refractivity contribution >= 4 is 10.8 Å². The SMILES string of the molecule is CC1CC(NCCC(C)S(C)=O)CC(C)O1. The minimum atomic E-state index is -0.695. The van der Waals surface area contributed by atoms with Crippen LogP contribution in [0.3, 0.4) is 0 Å². The van der Waals surface area contributed by atoms with Gasteiger partial charge in [-0.2, -0.15) is 0 Å². The van der Waals surface area contributed by atoms with Crippen LogP contribution in [0, 0.1) is 0 Å². The highest BCUT2D eigenvalue weighted by atomic mass is 32.2. The van der Waals surface area contributed by atoms with Crippen LogP contribution in [0.15, 0.2) is 0 Å². The molecule has 1 heterocycles. The van der Waals surface area contributed by atoms with Gasteiger partial charge in [0.1, 0.15) is 0 Å². The van der Waals surface area contributed by atoms with Crippen LogP contribution in [0.25, 0.3) is 0 Å².